The summed E-state index contributed by atoms with van der Waals surface area (Å²) >= 11 is 5.32. The van der Waals surface area contributed by atoms with Gasteiger partial charge in [-0.25, -0.2) is 13.6 Å². The van der Waals surface area contributed by atoms with Crippen LogP contribution in [-0.2, 0) is 20.7 Å². The van der Waals surface area contributed by atoms with Crippen LogP contribution in [-0.4, -0.2) is 30.9 Å². The molecule has 0 aliphatic rings. The number of carbonyl (C=O) groups excluding carboxylic acids is 2. The molecule has 0 fully saturated rings. The second kappa shape index (κ2) is 7.04. The molecule has 1 amide bonds. The van der Waals surface area contributed by atoms with E-state index in [4.69, 9.17) is 11.6 Å². The van der Waals surface area contributed by atoms with Crippen LogP contribution in [0.5, 0.6) is 0 Å². The highest BCUT2D eigenvalue weighted by atomic mass is 35.5. The number of methoxy groups -OCH3 is 1. The largest absolute Gasteiger partial charge is 0.467 e. The molecule has 1 aromatic carbocycles. The lowest BCUT2D eigenvalue weighted by atomic mass is 10.1. The van der Waals surface area contributed by atoms with E-state index in [1.54, 1.807) is 0 Å². The molecule has 0 radical (unpaired) electrons. The van der Waals surface area contributed by atoms with Gasteiger partial charge >= 0.3 is 5.97 Å². The molecule has 7 heteroatoms. The number of benzene rings is 1. The summed E-state index contributed by atoms with van der Waals surface area (Å²) in [5, 5.41) is 2.34. The maximum Gasteiger partial charge on any atom is 0.328 e. The lowest BCUT2D eigenvalue weighted by Crippen LogP contribution is -2.43. The highest BCUT2D eigenvalue weighted by Crippen LogP contribution is 2.11. The molecule has 1 N–H and O–H groups in total. The quantitative estimate of drug-likeness (QED) is 0.659. The minimum Gasteiger partial charge on any atom is -0.467 e. The SMILES string of the molecule is COC(=O)[C@@H](Cc1ccc(F)c(F)c1)NC(=O)CCl. The molecular weight excluding hydrogens is 280 g/mol. The molecule has 0 bridgehead atoms. The van der Waals surface area contributed by atoms with E-state index in [9.17, 15) is 18.4 Å². The fourth-order valence-corrected chi connectivity index (χ4v) is 1.55. The van der Waals surface area contributed by atoms with Gasteiger partial charge in [0.25, 0.3) is 0 Å². The van der Waals surface area contributed by atoms with Gasteiger partial charge in [0.1, 0.15) is 11.9 Å². The van der Waals surface area contributed by atoms with E-state index < -0.39 is 29.6 Å². The van der Waals surface area contributed by atoms with Crippen molar-refractivity contribution in [3.8, 4) is 0 Å². The maximum absolute atomic E-state index is 13.0. The Morgan fingerprint density at radius 2 is 2.05 bits per heavy atom. The van der Waals surface area contributed by atoms with Crippen LogP contribution in [0.1, 0.15) is 5.56 Å². The average Bonchev–Trinajstić information content (AvgIpc) is 2.41. The van der Waals surface area contributed by atoms with Crippen LogP contribution in [0.2, 0.25) is 0 Å². The summed E-state index contributed by atoms with van der Waals surface area (Å²) < 4.78 is 30.3. The Bertz CT molecular complexity index is 482. The zero-order chi connectivity index (χ0) is 14.4. The van der Waals surface area contributed by atoms with Crippen LogP contribution in [0.4, 0.5) is 8.78 Å². The van der Waals surface area contributed by atoms with Crippen molar-refractivity contribution >= 4 is 23.5 Å². The van der Waals surface area contributed by atoms with Gasteiger partial charge in [-0.3, -0.25) is 4.79 Å². The molecule has 104 valence electrons. The van der Waals surface area contributed by atoms with E-state index in [1.165, 1.54) is 6.07 Å². The molecule has 4 nitrogen and oxygen atoms in total. The number of nitrogens with one attached hydrogen (secondary N) is 1. The van der Waals surface area contributed by atoms with Crippen LogP contribution in [0.25, 0.3) is 0 Å². The summed E-state index contributed by atoms with van der Waals surface area (Å²) in [5.74, 6) is -3.57. The number of hydrogen-bond donors (Lipinski definition) is 1. The van der Waals surface area contributed by atoms with Crippen molar-refractivity contribution in [3.05, 3.63) is 35.4 Å². The van der Waals surface area contributed by atoms with Gasteiger partial charge in [-0.15, -0.1) is 11.6 Å². The van der Waals surface area contributed by atoms with Gasteiger partial charge in [-0.1, -0.05) is 6.07 Å². The number of ether oxygens (including phenoxy) is 1. The normalized spacial score (nSPS) is 11.8. The first kappa shape index (κ1) is 15.4. The van der Waals surface area contributed by atoms with Crippen molar-refractivity contribution < 1.29 is 23.1 Å². The first-order chi connectivity index (χ1) is 8.97. The van der Waals surface area contributed by atoms with Gasteiger partial charge in [-0.05, 0) is 17.7 Å². The fraction of sp³-hybridized carbons (Fsp3) is 0.333. The van der Waals surface area contributed by atoms with E-state index in [-0.39, 0.29) is 12.3 Å². The van der Waals surface area contributed by atoms with Crippen molar-refractivity contribution in [2.45, 2.75) is 12.5 Å². The molecule has 0 aromatic heterocycles. The third-order valence-corrected chi connectivity index (χ3v) is 2.61. The number of amides is 1. The lowest BCUT2D eigenvalue weighted by molar-refractivity contribution is -0.144. The third kappa shape index (κ3) is 4.48. The lowest BCUT2D eigenvalue weighted by Gasteiger charge is -2.16. The Kier molecular flexibility index (Phi) is 5.69. The highest BCUT2D eigenvalue weighted by Gasteiger charge is 2.22. The number of halogens is 3. The van der Waals surface area contributed by atoms with Crippen molar-refractivity contribution in [1.82, 2.24) is 5.32 Å². The summed E-state index contributed by atoms with van der Waals surface area (Å²) in [6.07, 6.45) is -0.0213. The molecule has 0 aliphatic heterocycles. The summed E-state index contributed by atoms with van der Waals surface area (Å²) in [6, 6.07) is 2.22. The van der Waals surface area contributed by atoms with Gasteiger partial charge in [0.2, 0.25) is 5.91 Å². The molecule has 1 atom stereocenters. The van der Waals surface area contributed by atoms with Crippen LogP contribution in [0.15, 0.2) is 18.2 Å². The summed E-state index contributed by atoms with van der Waals surface area (Å²) in [4.78, 5) is 22.6. The van der Waals surface area contributed by atoms with Crippen molar-refractivity contribution in [2.24, 2.45) is 0 Å². The number of hydrogen-bond acceptors (Lipinski definition) is 3. The van der Waals surface area contributed by atoms with Crippen molar-refractivity contribution in [1.29, 1.82) is 0 Å². The zero-order valence-corrected chi connectivity index (χ0v) is 10.8. The first-order valence-corrected chi connectivity index (χ1v) is 5.88. The molecule has 0 unspecified atom stereocenters. The predicted molar refractivity (Wildman–Crippen MR) is 64.7 cm³/mol. The Balaban J connectivity index is 2.84. The number of alkyl halides is 1. The standard InChI is InChI=1S/C12H12ClF2NO3/c1-19-12(18)10(16-11(17)6-13)5-7-2-3-8(14)9(15)4-7/h2-4,10H,5-6H2,1H3,(H,16,17)/t10-/m1/s1. The maximum atomic E-state index is 13.0. The number of rotatable bonds is 5. The Labute approximate surface area is 113 Å². The van der Waals surface area contributed by atoms with E-state index >= 15 is 0 Å². The number of esters is 1. The van der Waals surface area contributed by atoms with Gasteiger partial charge in [0.05, 0.1) is 7.11 Å². The predicted octanol–water partition coefficient (Wildman–Crippen LogP) is 1.40. The topological polar surface area (TPSA) is 55.4 Å². The molecule has 0 saturated heterocycles. The number of carbonyl (C=O) groups is 2. The summed E-state index contributed by atoms with van der Waals surface area (Å²) in [7, 11) is 1.16. The van der Waals surface area contributed by atoms with Gasteiger partial charge in [0, 0.05) is 6.42 Å². The van der Waals surface area contributed by atoms with E-state index in [1.807, 2.05) is 0 Å². The smallest absolute Gasteiger partial charge is 0.328 e. The molecule has 1 aromatic rings. The first-order valence-electron chi connectivity index (χ1n) is 5.35. The molecule has 0 saturated carbocycles. The third-order valence-electron chi connectivity index (χ3n) is 2.37. The molecule has 0 aliphatic carbocycles. The molecule has 0 spiro atoms. The zero-order valence-electron chi connectivity index (χ0n) is 10.1. The second-order valence-electron chi connectivity index (χ2n) is 3.73. The van der Waals surface area contributed by atoms with Crippen molar-refractivity contribution in [2.75, 3.05) is 13.0 Å². The van der Waals surface area contributed by atoms with Gasteiger partial charge < -0.3 is 10.1 Å². The summed E-state index contributed by atoms with van der Waals surface area (Å²) in [6.45, 7) is 0. The van der Waals surface area contributed by atoms with Gasteiger partial charge in [0.15, 0.2) is 11.6 Å². The van der Waals surface area contributed by atoms with E-state index in [0.717, 1.165) is 19.2 Å². The van der Waals surface area contributed by atoms with Gasteiger partial charge in [-0.2, -0.15) is 0 Å². The summed E-state index contributed by atoms with van der Waals surface area (Å²) in [5.41, 5.74) is 0.351. The molecular formula is C12H12ClF2NO3. The van der Waals surface area contributed by atoms with E-state index in [0.29, 0.717) is 5.56 Å². The van der Waals surface area contributed by atoms with Crippen LogP contribution < -0.4 is 5.32 Å². The monoisotopic (exact) mass is 291 g/mol. The molecule has 1 rings (SSSR count). The fourth-order valence-electron chi connectivity index (χ4n) is 1.47. The van der Waals surface area contributed by atoms with Crippen LogP contribution in [0.3, 0.4) is 0 Å². The van der Waals surface area contributed by atoms with Crippen LogP contribution >= 0.6 is 11.6 Å². The minimum absolute atomic E-state index is 0.0213. The second-order valence-corrected chi connectivity index (χ2v) is 4.00. The molecule has 19 heavy (non-hydrogen) atoms. The Morgan fingerprint density at radius 1 is 1.37 bits per heavy atom. The average molecular weight is 292 g/mol. The van der Waals surface area contributed by atoms with Crippen molar-refractivity contribution in [3.63, 3.8) is 0 Å². The van der Waals surface area contributed by atoms with Crippen LogP contribution in [0, 0.1) is 11.6 Å². The Morgan fingerprint density at radius 3 is 2.58 bits per heavy atom. The van der Waals surface area contributed by atoms with E-state index in [2.05, 4.69) is 10.1 Å². The minimum atomic E-state index is -1.02. The Hall–Kier alpha value is -1.69. The molecule has 0 heterocycles. The highest BCUT2D eigenvalue weighted by molar-refractivity contribution is 6.27.